The Balaban J connectivity index is 1.74. The Morgan fingerprint density at radius 2 is 2.05 bits per heavy atom. The largest absolute Gasteiger partial charge is 0.353 e. The van der Waals surface area contributed by atoms with Crippen LogP contribution in [-0.4, -0.2) is 27.8 Å². The molecule has 6 nitrogen and oxygen atoms in total. The van der Waals surface area contributed by atoms with Crippen LogP contribution in [0.1, 0.15) is 45.4 Å². The summed E-state index contributed by atoms with van der Waals surface area (Å²) < 4.78 is 0. The lowest BCUT2D eigenvalue weighted by Crippen LogP contribution is -2.39. The van der Waals surface area contributed by atoms with Crippen molar-refractivity contribution in [3.63, 3.8) is 0 Å². The molecule has 0 radical (unpaired) electrons. The molecule has 114 valence electrons. The Morgan fingerprint density at radius 1 is 1.29 bits per heavy atom. The van der Waals surface area contributed by atoms with Crippen molar-refractivity contribution in [3.05, 3.63) is 18.6 Å². The zero-order valence-corrected chi connectivity index (χ0v) is 12.3. The van der Waals surface area contributed by atoms with Gasteiger partial charge in [-0.2, -0.15) is 0 Å². The maximum Gasteiger partial charge on any atom is 0.227 e. The highest BCUT2D eigenvalue weighted by Gasteiger charge is 2.22. The molecule has 1 aromatic heterocycles. The topological polar surface area (TPSA) is 84.0 Å². The maximum atomic E-state index is 12.1. The van der Waals surface area contributed by atoms with Crippen molar-refractivity contribution < 1.29 is 9.59 Å². The van der Waals surface area contributed by atoms with Gasteiger partial charge in [-0.05, 0) is 19.8 Å². The van der Waals surface area contributed by atoms with E-state index in [2.05, 4.69) is 20.6 Å². The zero-order valence-electron chi connectivity index (χ0n) is 12.3. The van der Waals surface area contributed by atoms with Crippen LogP contribution in [0.15, 0.2) is 18.6 Å². The van der Waals surface area contributed by atoms with E-state index in [1.54, 1.807) is 6.20 Å². The number of nitrogens with zero attached hydrogens (tertiary/aromatic N) is 2. The predicted octanol–water partition coefficient (Wildman–Crippen LogP) is 1.89. The number of anilines is 1. The summed E-state index contributed by atoms with van der Waals surface area (Å²) in [5.74, 6) is 0.444. The Kier molecular flexibility index (Phi) is 5.66. The second-order valence-electron chi connectivity index (χ2n) is 5.59. The van der Waals surface area contributed by atoms with E-state index in [4.69, 9.17) is 0 Å². The van der Waals surface area contributed by atoms with Gasteiger partial charge in [0.2, 0.25) is 11.8 Å². The normalized spacial score (nSPS) is 17.0. The van der Waals surface area contributed by atoms with E-state index < -0.39 is 0 Å². The summed E-state index contributed by atoms with van der Waals surface area (Å²) in [6.45, 7) is 1.84. The molecule has 0 saturated heterocycles. The summed E-state index contributed by atoms with van der Waals surface area (Å²) in [7, 11) is 0. The van der Waals surface area contributed by atoms with Crippen molar-refractivity contribution >= 4 is 17.6 Å². The lowest BCUT2D eigenvalue weighted by molar-refractivity contribution is -0.126. The van der Waals surface area contributed by atoms with Crippen LogP contribution in [0.4, 0.5) is 5.82 Å². The van der Waals surface area contributed by atoms with E-state index in [0.717, 1.165) is 25.7 Å². The SMILES string of the molecule is C[C@H](CC(=O)Nc1cnccn1)NC(=O)C1CCCCC1. The fraction of sp³-hybridized carbons (Fsp3) is 0.600. The lowest BCUT2D eigenvalue weighted by Gasteiger charge is -2.23. The van der Waals surface area contributed by atoms with E-state index >= 15 is 0 Å². The molecule has 1 fully saturated rings. The van der Waals surface area contributed by atoms with Gasteiger partial charge in [0.05, 0.1) is 6.20 Å². The maximum absolute atomic E-state index is 12.1. The molecule has 1 aliphatic rings. The highest BCUT2D eigenvalue weighted by molar-refractivity contribution is 5.90. The van der Waals surface area contributed by atoms with Crippen LogP contribution < -0.4 is 10.6 Å². The minimum atomic E-state index is -0.184. The molecular formula is C15H22N4O2. The van der Waals surface area contributed by atoms with Gasteiger partial charge in [-0.1, -0.05) is 19.3 Å². The smallest absolute Gasteiger partial charge is 0.227 e. The number of hydrogen-bond acceptors (Lipinski definition) is 4. The van der Waals surface area contributed by atoms with Crippen LogP contribution in [0.3, 0.4) is 0 Å². The molecule has 1 aromatic rings. The van der Waals surface area contributed by atoms with E-state index in [0.29, 0.717) is 5.82 Å². The Morgan fingerprint density at radius 3 is 2.71 bits per heavy atom. The number of carbonyl (C=O) groups excluding carboxylic acids is 2. The van der Waals surface area contributed by atoms with Gasteiger partial charge in [0, 0.05) is 30.8 Å². The molecule has 2 amide bonds. The second-order valence-corrected chi connectivity index (χ2v) is 5.59. The standard InChI is InChI=1S/C15H22N4O2/c1-11(18-15(21)12-5-3-2-4-6-12)9-14(20)19-13-10-16-7-8-17-13/h7-8,10-12H,2-6,9H2,1H3,(H,18,21)(H,17,19,20)/t11-/m1/s1. The van der Waals surface area contributed by atoms with Crippen molar-refractivity contribution in [2.24, 2.45) is 5.92 Å². The van der Waals surface area contributed by atoms with Crippen LogP contribution in [0, 0.1) is 5.92 Å². The molecule has 1 saturated carbocycles. The predicted molar refractivity (Wildman–Crippen MR) is 79.5 cm³/mol. The third-order valence-corrected chi connectivity index (χ3v) is 3.69. The number of aromatic nitrogens is 2. The van der Waals surface area contributed by atoms with Crippen molar-refractivity contribution in [2.45, 2.75) is 51.5 Å². The molecule has 0 aliphatic heterocycles. The molecule has 1 aliphatic carbocycles. The van der Waals surface area contributed by atoms with Gasteiger partial charge in [-0.15, -0.1) is 0 Å². The van der Waals surface area contributed by atoms with E-state index in [1.807, 2.05) is 6.92 Å². The Hall–Kier alpha value is -1.98. The number of nitrogens with one attached hydrogen (secondary N) is 2. The van der Waals surface area contributed by atoms with Crippen LogP contribution in [0.5, 0.6) is 0 Å². The van der Waals surface area contributed by atoms with Crippen LogP contribution in [0.25, 0.3) is 0 Å². The Labute approximate surface area is 124 Å². The molecule has 0 aromatic carbocycles. The number of amides is 2. The molecule has 0 bridgehead atoms. The zero-order chi connectivity index (χ0) is 15.1. The molecule has 1 heterocycles. The van der Waals surface area contributed by atoms with Crippen LogP contribution in [0.2, 0.25) is 0 Å². The first-order valence-electron chi connectivity index (χ1n) is 7.51. The van der Waals surface area contributed by atoms with Gasteiger partial charge in [-0.3, -0.25) is 14.6 Å². The van der Waals surface area contributed by atoms with Gasteiger partial charge in [0.15, 0.2) is 5.82 Å². The first-order valence-corrected chi connectivity index (χ1v) is 7.51. The molecule has 1 atom stereocenters. The summed E-state index contributed by atoms with van der Waals surface area (Å²) >= 11 is 0. The quantitative estimate of drug-likeness (QED) is 0.867. The van der Waals surface area contributed by atoms with Gasteiger partial charge < -0.3 is 10.6 Å². The summed E-state index contributed by atoms with van der Waals surface area (Å²) in [5.41, 5.74) is 0. The molecule has 0 spiro atoms. The summed E-state index contributed by atoms with van der Waals surface area (Å²) in [6, 6.07) is -0.184. The average Bonchev–Trinajstić information content (AvgIpc) is 2.48. The molecule has 21 heavy (non-hydrogen) atoms. The summed E-state index contributed by atoms with van der Waals surface area (Å²) in [6.07, 6.45) is 10.2. The summed E-state index contributed by atoms with van der Waals surface area (Å²) in [5, 5.41) is 5.59. The van der Waals surface area contributed by atoms with Gasteiger partial charge in [-0.25, -0.2) is 4.98 Å². The minimum Gasteiger partial charge on any atom is -0.353 e. The molecule has 2 rings (SSSR count). The molecular weight excluding hydrogens is 268 g/mol. The highest BCUT2D eigenvalue weighted by Crippen LogP contribution is 2.23. The third kappa shape index (κ3) is 5.13. The summed E-state index contributed by atoms with van der Waals surface area (Å²) in [4.78, 5) is 31.8. The van der Waals surface area contributed by atoms with E-state index in [-0.39, 0.29) is 30.2 Å². The van der Waals surface area contributed by atoms with Crippen molar-refractivity contribution in [2.75, 3.05) is 5.32 Å². The van der Waals surface area contributed by atoms with Crippen molar-refractivity contribution in [1.29, 1.82) is 0 Å². The van der Waals surface area contributed by atoms with Crippen LogP contribution >= 0.6 is 0 Å². The lowest BCUT2D eigenvalue weighted by atomic mass is 9.88. The number of rotatable bonds is 5. The van der Waals surface area contributed by atoms with Gasteiger partial charge in [0.1, 0.15) is 0 Å². The van der Waals surface area contributed by atoms with Gasteiger partial charge in [0.25, 0.3) is 0 Å². The fourth-order valence-corrected chi connectivity index (χ4v) is 2.61. The number of carbonyl (C=O) groups is 2. The third-order valence-electron chi connectivity index (χ3n) is 3.69. The van der Waals surface area contributed by atoms with E-state index in [9.17, 15) is 9.59 Å². The molecule has 0 unspecified atom stereocenters. The van der Waals surface area contributed by atoms with Gasteiger partial charge >= 0.3 is 0 Å². The van der Waals surface area contributed by atoms with Crippen molar-refractivity contribution in [1.82, 2.24) is 15.3 Å². The highest BCUT2D eigenvalue weighted by atomic mass is 16.2. The average molecular weight is 290 g/mol. The monoisotopic (exact) mass is 290 g/mol. The number of hydrogen-bond donors (Lipinski definition) is 2. The molecule has 2 N–H and O–H groups in total. The minimum absolute atomic E-state index is 0.0782. The van der Waals surface area contributed by atoms with Crippen LogP contribution in [-0.2, 0) is 9.59 Å². The van der Waals surface area contributed by atoms with E-state index in [1.165, 1.54) is 18.8 Å². The molecule has 6 heteroatoms. The Bertz CT molecular complexity index is 472. The second kappa shape index (κ2) is 7.71. The first-order chi connectivity index (χ1) is 10.1. The first kappa shape index (κ1) is 15.4. The fourth-order valence-electron chi connectivity index (χ4n) is 2.61. The van der Waals surface area contributed by atoms with Crippen molar-refractivity contribution in [3.8, 4) is 0 Å².